The number of anilines is 1. The third-order valence-electron chi connectivity index (χ3n) is 6.81. The number of nitrogens with zero attached hydrogens (tertiary/aromatic N) is 4. The molecule has 37 heavy (non-hydrogen) atoms. The van der Waals surface area contributed by atoms with Crippen LogP contribution in [0.25, 0.3) is 11.0 Å². The lowest BCUT2D eigenvalue weighted by atomic mass is 10.1. The summed E-state index contributed by atoms with van der Waals surface area (Å²) in [4.78, 5) is 33.5. The summed E-state index contributed by atoms with van der Waals surface area (Å²) >= 11 is 0. The van der Waals surface area contributed by atoms with E-state index in [0.717, 1.165) is 54.0 Å². The average molecular weight is 505 g/mol. The summed E-state index contributed by atoms with van der Waals surface area (Å²) in [6.07, 6.45) is 4.83. The van der Waals surface area contributed by atoms with Crippen LogP contribution in [0.2, 0.25) is 0 Å². The van der Waals surface area contributed by atoms with Crippen LogP contribution in [-0.4, -0.2) is 59.0 Å². The molecule has 2 amide bonds. The van der Waals surface area contributed by atoms with Crippen molar-refractivity contribution in [2.24, 2.45) is 5.73 Å². The molecule has 0 bridgehead atoms. The predicted molar refractivity (Wildman–Crippen MR) is 145 cm³/mol. The predicted octanol–water partition coefficient (Wildman–Crippen LogP) is 4.30. The van der Waals surface area contributed by atoms with E-state index in [2.05, 4.69) is 4.57 Å². The minimum absolute atomic E-state index is 0.0127. The Morgan fingerprint density at radius 3 is 2.51 bits per heavy atom. The molecule has 4 rings (SSSR count). The molecular formula is C28H36N6O3. The van der Waals surface area contributed by atoms with E-state index < -0.39 is 0 Å². The van der Waals surface area contributed by atoms with Gasteiger partial charge in [0.25, 0.3) is 0 Å². The molecule has 2 heterocycles. The first kappa shape index (κ1) is 26.2. The summed E-state index contributed by atoms with van der Waals surface area (Å²) in [5.41, 5.74) is 9.89. The van der Waals surface area contributed by atoms with Gasteiger partial charge in [0.15, 0.2) is 0 Å². The molecule has 0 radical (unpaired) electrons. The van der Waals surface area contributed by atoms with E-state index >= 15 is 0 Å². The van der Waals surface area contributed by atoms with Gasteiger partial charge in [-0.25, -0.2) is 9.78 Å². The zero-order valence-corrected chi connectivity index (χ0v) is 21.7. The number of aromatic nitrogens is 2. The summed E-state index contributed by atoms with van der Waals surface area (Å²) in [5.74, 6) is 0.707. The van der Waals surface area contributed by atoms with Gasteiger partial charge >= 0.3 is 12.0 Å². The van der Waals surface area contributed by atoms with Gasteiger partial charge in [-0.1, -0.05) is 24.3 Å². The third-order valence-corrected chi connectivity index (χ3v) is 6.81. The Kier molecular flexibility index (Phi) is 8.43. The Balaban J connectivity index is 1.60. The number of amidine groups is 1. The van der Waals surface area contributed by atoms with Gasteiger partial charge in [-0.15, -0.1) is 0 Å². The van der Waals surface area contributed by atoms with E-state index in [-0.39, 0.29) is 17.8 Å². The first-order valence-corrected chi connectivity index (χ1v) is 13.0. The fourth-order valence-electron chi connectivity index (χ4n) is 4.77. The smallest absolute Gasteiger partial charge is 0.324 e. The Bertz CT molecular complexity index is 1260. The maximum Gasteiger partial charge on any atom is 0.324 e. The van der Waals surface area contributed by atoms with Crippen LogP contribution >= 0.6 is 0 Å². The summed E-state index contributed by atoms with van der Waals surface area (Å²) in [7, 11) is 1.81. The first-order valence-electron chi connectivity index (χ1n) is 13.0. The third kappa shape index (κ3) is 6.28. The number of imidazole rings is 1. The Labute approximate surface area is 217 Å². The van der Waals surface area contributed by atoms with Crippen LogP contribution in [0, 0.1) is 5.41 Å². The van der Waals surface area contributed by atoms with E-state index in [1.165, 1.54) is 6.42 Å². The molecule has 3 aromatic rings. The number of likely N-dealkylation sites (tertiary alicyclic amines) is 1. The number of amides is 2. The maximum atomic E-state index is 13.0. The second-order valence-corrected chi connectivity index (χ2v) is 9.44. The average Bonchev–Trinajstić information content (AvgIpc) is 3.24. The summed E-state index contributed by atoms with van der Waals surface area (Å²) in [6.45, 7) is 4.40. The number of carbonyl (C=O) groups is 2. The number of urea groups is 1. The molecule has 9 nitrogen and oxygen atoms in total. The van der Waals surface area contributed by atoms with E-state index in [1.54, 1.807) is 11.8 Å². The Hall–Kier alpha value is -3.88. The van der Waals surface area contributed by atoms with Gasteiger partial charge in [-0.3, -0.25) is 15.1 Å². The van der Waals surface area contributed by atoms with Gasteiger partial charge in [0.1, 0.15) is 11.7 Å². The number of nitrogens with one attached hydrogen (secondary N) is 1. The maximum absolute atomic E-state index is 13.0. The molecule has 1 saturated heterocycles. The number of hydrogen-bond acceptors (Lipinski definition) is 5. The molecule has 9 heteroatoms. The van der Waals surface area contributed by atoms with E-state index in [1.807, 2.05) is 54.4 Å². The normalized spacial score (nSPS) is 13.5. The molecule has 0 saturated carbocycles. The summed E-state index contributed by atoms with van der Waals surface area (Å²) in [5, 5.41) is 7.62. The van der Waals surface area contributed by atoms with Crippen molar-refractivity contribution in [1.82, 2.24) is 14.5 Å². The molecule has 0 aliphatic carbocycles. The quantitative estimate of drug-likeness (QED) is 0.256. The second-order valence-electron chi connectivity index (χ2n) is 9.44. The highest BCUT2D eigenvalue weighted by Crippen LogP contribution is 2.26. The second kappa shape index (κ2) is 11.9. The molecule has 0 unspecified atom stereocenters. The summed E-state index contributed by atoms with van der Waals surface area (Å²) < 4.78 is 7.23. The molecular weight excluding hydrogens is 468 g/mol. The van der Waals surface area contributed by atoms with E-state index in [0.29, 0.717) is 38.0 Å². The number of benzene rings is 2. The summed E-state index contributed by atoms with van der Waals surface area (Å²) in [6, 6.07) is 13.5. The minimum Gasteiger partial charge on any atom is -0.466 e. The molecule has 0 spiro atoms. The van der Waals surface area contributed by atoms with E-state index in [9.17, 15) is 9.59 Å². The van der Waals surface area contributed by atoms with Crippen LogP contribution < -0.4 is 10.6 Å². The van der Waals surface area contributed by atoms with Crippen molar-refractivity contribution >= 4 is 34.6 Å². The number of nitrogen functional groups attached to an aromatic ring is 1. The van der Waals surface area contributed by atoms with Crippen LogP contribution in [0.15, 0.2) is 42.5 Å². The van der Waals surface area contributed by atoms with Gasteiger partial charge in [0, 0.05) is 50.8 Å². The van der Waals surface area contributed by atoms with Crippen molar-refractivity contribution in [3.63, 3.8) is 0 Å². The van der Waals surface area contributed by atoms with Gasteiger partial charge in [0.2, 0.25) is 0 Å². The molecule has 0 atom stereocenters. The fourth-order valence-corrected chi connectivity index (χ4v) is 4.77. The largest absolute Gasteiger partial charge is 0.466 e. The molecule has 196 valence electrons. The lowest BCUT2D eigenvalue weighted by Gasteiger charge is -2.31. The highest BCUT2D eigenvalue weighted by atomic mass is 16.5. The lowest BCUT2D eigenvalue weighted by molar-refractivity contribution is -0.143. The van der Waals surface area contributed by atoms with Crippen molar-refractivity contribution in [2.45, 2.75) is 52.0 Å². The minimum atomic E-state index is -0.201. The molecule has 1 aromatic heterocycles. The highest BCUT2D eigenvalue weighted by Gasteiger charge is 2.22. The van der Waals surface area contributed by atoms with Crippen LogP contribution in [0.4, 0.5) is 10.5 Å². The Morgan fingerprint density at radius 1 is 1.11 bits per heavy atom. The number of rotatable bonds is 9. The van der Waals surface area contributed by atoms with Gasteiger partial charge in [0.05, 0.1) is 17.6 Å². The number of carbonyl (C=O) groups excluding carboxylic acids is 2. The molecule has 1 aliphatic rings. The van der Waals surface area contributed by atoms with Crippen molar-refractivity contribution in [3.8, 4) is 0 Å². The zero-order valence-electron chi connectivity index (χ0n) is 21.7. The Morgan fingerprint density at radius 2 is 1.84 bits per heavy atom. The van der Waals surface area contributed by atoms with Gasteiger partial charge < -0.3 is 19.9 Å². The SMILES string of the molecule is CCOC(=O)CCCn1c(Cc2ccc(C(=N)N)cc2)nc2cc(N(C)C(=O)N3CCCCC3)ccc21. The number of esters is 1. The van der Waals surface area contributed by atoms with Crippen LogP contribution in [0.5, 0.6) is 0 Å². The molecule has 1 fully saturated rings. The van der Waals surface area contributed by atoms with Crippen LogP contribution in [-0.2, 0) is 22.5 Å². The number of hydrogen-bond donors (Lipinski definition) is 2. The molecule has 2 aromatic carbocycles. The lowest BCUT2D eigenvalue weighted by Crippen LogP contribution is -2.43. The first-order chi connectivity index (χ1) is 17.9. The van der Waals surface area contributed by atoms with E-state index in [4.69, 9.17) is 20.9 Å². The number of nitrogens with two attached hydrogens (primary N) is 1. The van der Waals surface area contributed by atoms with Gasteiger partial charge in [-0.2, -0.15) is 0 Å². The number of ether oxygens (including phenoxy) is 1. The molecule has 3 N–H and O–H groups in total. The van der Waals surface area contributed by atoms with Crippen molar-refractivity contribution in [3.05, 3.63) is 59.4 Å². The fraction of sp³-hybridized carbons (Fsp3) is 0.429. The topological polar surface area (TPSA) is 118 Å². The number of fused-ring (bicyclic) bond motifs is 1. The highest BCUT2D eigenvalue weighted by molar-refractivity contribution is 5.95. The van der Waals surface area contributed by atoms with Crippen molar-refractivity contribution in [2.75, 3.05) is 31.6 Å². The van der Waals surface area contributed by atoms with Crippen LogP contribution in [0.1, 0.15) is 56.0 Å². The number of aryl methyl sites for hydroxylation is 1. The van der Waals surface area contributed by atoms with Crippen molar-refractivity contribution < 1.29 is 14.3 Å². The zero-order chi connectivity index (χ0) is 26.4. The number of piperidine rings is 1. The van der Waals surface area contributed by atoms with Crippen LogP contribution in [0.3, 0.4) is 0 Å². The monoisotopic (exact) mass is 504 g/mol. The van der Waals surface area contributed by atoms with Crippen molar-refractivity contribution in [1.29, 1.82) is 5.41 Å². The van der Waals surface area contributed by atoms with Gasteiger partial charge in [-0.05, 0) is 56.4 Å². The standard InChI is InChI=1S/C28H36N6O3/c1-3-37-26(35)8-7-17-34-24-14-13-22(32(2)28(36)33-15-5-4-6-16-33)19-23(24)31-25(34)18-20-9-11-21(12-10-20)27(29)30/h9-14,19H,3-8,15-18H2,1-2H3,(H3,29,30). The molecule has 1 aliphatic heterocycles.